The Labute approximate surface area is 187 Å². The molecule has 1 aromatic rings. The Morgan fingerprint density at radius 1 is 1.19 bits per heavy atom. The fraction of sp³-hybridized carbons (Fsp3) is 0.864. The molecule has 1 aliphatic rings. The van der Waals surface area contributed by atoms with E-state index < -0.39 is 5.60 Å². The average Bonchev–Trinajstić information content (AvgIpc) is 2.63. The highest BCUT2D eigenvalue weighted by Gasteiger charge is 2.48. The summed E-state index contributed by atoms with van der Waals surface area (Å²) in [4.78, 5) is 19.0. The Morgan fingerprint density at radius 3 is 2.35 bits per heavy atom. The van der Waals surface area contributed by atoms with Crippen molar-refractivity contribution in [3.63, 3.8) is 0 Å². The maximum Gasteiger partial charge on any atom is 0.227 e. The maximum absolute atomic E-state index is 10.1. The first-order valence-electron chi connectivity index (χ1n) is 11.3. The topological polar surface area (TPSA) is 116 Å². The van der Waals surface area contributed by atoms with Gasteiger partial charge in [-0.15, -0.1) is 0 Å². The monoisotopic (exact) mass is 438 g/mol. The number of hydroxylamine groups is 2. The van der Waals surface area contributed by atoms with Crippen LogP contribution >= 0.6 is 0 Å². The molecule has 4 N–H and O–H groups in total. The molecule has 178 valence electrons. The lowest BCUT2D eigenvalue weighted by Crippen LogP contribution is -2.62. The van der Waals surface area contributed by atoms with Gasteiger partial charge in [-0.25, -0.2) is 9.97 Å². The van der Waals surface area contributed by atoms with Crippen molar-refractivity contribution < 1.29 is 15.1 Å². The van der Waals surface area contributed by atoms with Crippen LogP contribution in [-0.4, -0.2) is 72.7 Å². The van der Waals surface area contributed by atoms with Crippen LogP contribution in [0.4, 0.5) is 11.9 Å². The molecular weight excluding hydrogens is 396 g/mol. The third-order valence-corrected chi connectivity index (χ3v) is 5.62. The Bertz CT molecular complexity index is 674. The van der Waals surface area contributed by atoms with Crippen LogP contribution in [0.25, 0.3) is 0 Å². The number of aliphatic hydroxyl groups excluding tert-OH is 1. The van der Waals surface area contributed by atoms with Gasteiger partial charge in [-0.1, -0.05) is 13.3 Å². The SMILES string of the molecule is CCCC(Nc1ncnc(NCCO)n1)C1CC(C)(C)N(OCC(C)(C)O)C(C)(C)C1. The Hall–Kier alpha value is -1.55. The summed E-state index contributed by atoms with van der Waals surface area (Å²) < 4.78 is 0. The largest absolute Gasteiger partial charge is 0.395 e. The number of aliphatic hydroxyl groups is 2. The molecule has 0 amide bonds. The molecular formula is C22H42N6O3. The van der Waals surface area contributed by atoms with Gasteiger partial charge in [-0.2, -0.15) is 10.0 Å². The van der Waals surface area contributed by atoms with E-state index in [0.29, 0.717) is 24.4 Å². The number of piperidine rings is 1. The lowest BCUT2D eigenvalue weighted by molar-refractivity contribution is -0.303. The van der Waals surface area contributed by atoms with Gasteiger partial charge in [0, 0.05) is 23.7 Å². The number of rotatable bonds is 11. The molecule has 1 aromatic heterocycles. The second kappa shape index (κ2) is 10.4. The van der Waals surface area contributed by atoms with Gasteiger partial charge in [0.2, 0.25) is 11.9 Å². The minimum absolute atomic E-state index is 0.0190. The molecule has 2 rings (SSSR count). The van der Waals surface area contributed by atoms with Crippen LogP contribution in [0.2, 0.25) is 0 Å². The fourth-order valence-corrected chi connectivity index (χ4v) is 4.72. The molecule has 9 heteroatoms. The molecule has 1 aliphatic heterocycles. The molecule has 2 heterocycles. The minimum atomic E-state index is -0.879. The quantitative estimate of drug-likeness (QED) is 0.414. The summed E-state index contributed by atoms with van der Waals surface area (Å²) in [6.45, 7) is 15.2. The van der Waals surface area contributed by atoms with Crippen LogP contribution in [0.15, 0.2) is 6.33 Å². The molecule has 0 aliphatic carbocycles. The number of nitrogens with zero attached hydrogens (tertiary/aromatic N) is 4. The number of aromatic nitrogens is 3. The van der Waals surface area contributed by atoms with E-state index in [0.717, 1.165) is 25.7 Å². The number of anilines is 2. The summed E-state index contributed by atoms with van der Waals surface area (Å²) in [5.41, 5.74) is -1.27. The van der Waals surface area contributed by atoms with Gasteiger partial charge in [0.1, 0.15) is 6.33 Å². The molecule has 1 atom stereocenters. The van der Waals surface area contributed by atoms with E-state index in [2.05, 4.69) is 65.3 Å². The Morgan fingerprint density at radius 2 is 1.81 bits per heavy atom. The van der Waals surface area contributed by atoms with Crippen molar-refractivity contribution in [2.75, 3.05) is 30.4 Å². The highest BCUT2D eigenvalue weighted by Crippen LogP contribution is 2.44. The van der Waals surface area contributed by atoms with Crippen molar-refractivity contribution in [3.05, 3.63) is 6.33 Å². The predicted octanol–water partition coefficient (Wildman–Crippen LogP) is 2.83. The summed E-state index contributed by atoms with van der Waals surface area (Å²) in [5.74, 6) is 1.40. The Balaban J connectivity index is 2.17. The van der Waals surface area contributed by atoms with Crippen molar-refractivity contribution in [1.29, 1.82) is 0 Å². The first-order chi connectivity index (χ1) is 14.4. The van der Waals surface area contributed by atoms with Gasteiger partial charge < -0.3 is 20.8 Å². The maximum atomic E-state index is 10.1. The van der Waals surface area contributed by atoms with Gasteiger partial charge in [0.05, 0.1) is 18.8 Å². The molecule has 0 spiro atoms. The number of nitrogens with one attached hydrogen (secondary N) is 2. The highest BCUT2D eigenvalue weighted by molar-refractivity contribution is 5.33. The van der Waals surface area contributed by atoms with Crippen LogP contribution in [0.1, 0.15) is 74.1 Å². The fourth-order valence-electron chi connectivity index (χ4n) is 4.72. The standard InChI is InChI=1S/C22H42N6O3/c1-8-9-17(26-19-25-15-24-18(27-19)23-10-11-29)16-12-20(2,3)28(21(4,5)13-16)31-14-22(6,7)30/h15-17,29-30H,8-14H2,1-7H3,(H2,23,24,25,26,27). The van der Waals surface area contributed by atoms with Crippen LogP contribution < -0.4 is 10.6 Å². The summed E-state index contributed by atoms with van der Waals surface area (Å²) in [6, 6.07) is 0.216. The van der Waals surface area contributed by atoms with Gasteiger partial charge in [0.25, 0.3) is 0 Å². The van der Waals surface area contributed by atoms with Crippen LogP contribution in [0.5, 0.6) is 0 Å². The van der Waals surface area contributed by atoms with Gasteiger partial charge in [-0.3, -0.25) is 4.84 Å². The summed E-state index contributed by atoms with van der Waals surface area (Å²) >= 11 is 0. The van der Waals surface area contributed by atoms with E-state index in [9.17, 15) is 5.11 Å². The van der Waals surface area contributed by atoms with E-state index in [-0.39, 0.29) is 30.3 Å². The number of hydrogen-bond acceptors (Lipinski definition) is 9. The molecule has 9 nitrogen and oxygen atoms in total. The predicted molar refractivity (Wildman–Crippen MR) is 123 cm³/mol. The zero-order valence-electron chi connectivity index (χ0n) is 20.3. The third kappa shape index (κ3) is 7.52. The molecule has 0 saturated carbocycles. The minimum Gasteiger partial charge on any atom is -0.395 e. The Kier molecular flexibility index (Phi) is 8.61. The lowest BCUT2D eigenvalue weighted by Gasteiger charge is -2.55. The van der Waals surface area contributed by atoms with Crippen molar-refractivity contribution in [2.24, 2.45) is 5.92 Å². The molecule has 1 saturated heterocycles. The number of hydrogen-bond donors (Lipinski definition) is 4. The molecule has 0 radical (unpaired) electrons. The average molecular weight is 439 g/mol. The summed E-state index contributed by atoms with van der Waals surface area (Å²) in [5, 5.41) is 27.8. The van der Waals surface area contributed by atoms with Crippen LogP contribution in [0.3, 0.4) is 0 Å². The zero-order valence-corrected chi connectivity index (χ0v) is 20.3. The first-order valence-corrected chi connectivity index (χ1v) is 11.3. The van der Waals surface area contributed by atoms with Gasteiger partial charge >= 0.3 is 0 Å². The molecule has 1 unspecified atom stereocenters. The summed E-state index contributed by atoms with van der Waals surface area (Å²) in [7, 11) is 0. The first kappa shape index (κ1) is 25.7. The van der Waals surface area contributed by atoms with Crippen LogP contribution in [0, 0.1) is 5.92 Å². The highest BCUT2D eigenvalue weighted by atomic mass is 16.7. The second-order valence-corrected chi connectivity index (χ2v) is 10.5. The van der Waals surface area contributed by atoms with E-state index >= 15 is 0 Å². The molecule has 31 heavy (non-hydrogen) atoms. The van der Waals surface area contributed by atoms with E-state index in [1.54, 1.807) is 13.8 Å². The van der Waals surface area contributed by atoms with Crippen molar-refractivity contribution in [1.82, 2.24) is 20.0 Å². The summed E-state index contributed by atoms with van der Waals surface area (Å²) in [6.07, 6.45) is 5.43. The van der Waals surface area contributed by atoms with Crippen molar-refractivity contribution >= 4 is 11.9 Å². The van der Waals surface area contributed by atoms with E-state index in [4.69, 9.17) is 9.94 Å². The van der Waals surface area contributed by atoms with Gasteiger partial charge in [-0.05, 0) is 66.7 Å². The smallest absolute Gasteiger partial charge is 0.227 e. The third-order valence-electron chi connectivity index (χ3n) is 5.62. The lowest BCUT2D eigenvalue weighted by atomic mass is 9.71. The molecule has 0 bridgehead atoms. The van der Waals surface area contributed by atoms with E-state index in [1.807, 2.05) is 0 Å². The van der Waals surface area contributed by atoms with E-state index in [1.165, 1.54) is 6.33 Å². The molecule has 1 fully saturated rings. The molecule has 0 aromatic carbocycles. The normalized spacial score (nSPS) is 20.4. The van der Waals surface area contributed by atoms with Crippen molar-refractivity contribution in [3.8, 4) is 0 Å². The zero-order chi connectivity index (χ0) is 23.3. The van der Waals surface area contributed by atoms with Crippen molar-refractivity contribution in [2.45, 2.75) is 96.9 Å². The van der Waals surface area contributed by atoms with Crippen LogP contribution in [-0.2, 0) is 4.84 Å². The van der Waals surface area contributed by atoms with Gasteiger partial charge in [0.15, 0.2) is 0 Å². The second-order valence-electron chi connectivity index (χ2n) is 10.5.